The lowest BCUT2D eigenvalue weighted by Gasteiger charge is -2.07. The number of benzene rings is 2. The van der Waals surface area contributed by atoms with E-state index in [1.54, 1.807) is 30.3 Å². The van der Waals surface area contributed by atoms with Crippen LogP contribution < -0.4 is 0 Å². The summed E-state index contributed by atoms with van der Waals surface area (Å²) in [5.74, 6) is -1.39. The highest BCUT2D eigenvalue weighted by atomic mass is 16.6. The molecule has 6 heteroatoms. The maximum atomic E-state index is 12.4. The highest BCUT2D eigenvalue weighted by Gasteiger charge is 2.28. The molecule has 0 radical (unpaired) electrons. The van der Waals surface area contributed by atoms with Gasteiger partial charge in [0, 0.05) is 17.2 Å². The monoisotopic (exact) mass is 285 g/mol. The number of hydrogen-bond acceptors (Lipinski definition) is 5. The van der Waals surface area contributed by atoms with Crippen LogP contribution in [0.5, 0.6) is 0 Å². The number of methoxy groups -OCH3 is 1. The molecule has 21 heavy (non-hydrogen) atoms. The largest absolute Gasteiger partial charge is 0.465 e. The Morgan fingerprint density at radius 1 is 1.05 bits per heavy atom. The minimum atomic E-state index is -0.915. The lowest BCUT2D eigenvalue weighted by Crippen LogP contribution is -2.13. The summed E-state index contributed by atoms with van der Waals surface area (Å²) in [6.07, 6.45) is 0. The molecule has 0 aliphatic rings. The number of rotatable bonds is 4. The molecule has 0 amide bonds. The van der Waals surface area contributed by atoms with Crippen molar-refractivity contribution in [2.45, 2.75) is 0 Å². The molecule has 0 spiro atoms. The second-order valence-electron chi connectivity index (χ2n) is 4.14. The average molecular weight is 285 g/mol. The van der Waals surface area contributed by atoms with Crippen molar-refractivity contribution in [3.63, 3.8) is 0 Å². The first-order valence-electron chi connectivity index (χ1n) is 6.01. The van der Waals surface area contributed by atoms with Gasteiger partial charge in [0.25, 0.3) is 5.69 Å². The molecule has 2 aromatic rings. The van der Waals surface area contributed by atoms with Crippen LogP contribution in [0.3, 0.4) is 0 Å². The van der Waals surface area contributed by atoms with Crippen LogP contribution in [-0.4, -0.2) is 23.8 Å². The quantitative estimate of drug-likeness (QED) is 0.373. The molecule has 6 nitrogen and oxygen atoms in total. The van der Waals surface area contributed by atoms with Crippen molar-refractivity contribution in [2.24, 2.45) is 0 Å². The van der Waals surface area contributed by atoms with E-state index in [-0.39, 0.29) is 11.1 Å². The standard InChI is InChI=1S/C15H11NO5/c1-21-15(18)13-11(8-5-9-12(13)16(19)20)14(17)10-6-3-2-4-7-10/h2-9H,1H3. The smallest absolute Gasteiger partial charge is 0.345 e. The summed E-state index contributed by atoms with van der Waals surface area (Å²) in [6.45, 7) is 0. The molecule has 0 atom stereocenters. The maximum Gasteiger partial charge on any atom is 0.345 e. The lowest BCUT2D eigenvalue weighted by molar-refractivity contribution is -0.385. The van der Waals surface area contributed by atoms with Gasteiger partial charge in [-0.25, -0.2) is 4.79 Å². The summed E-state index contributed by atoms with van der Waals surface area (Å²) < 4.78 is 4.56. The normalized spacial score (nSPS) is 9.95. The highest BCUT2D eigenvalue weighted by Crippen LogP contribution is 2.25. The van der Waals surface area contributed by atoms with Gasteiger partial charge in [-0.05, 0) is 6.07 Å². The van der Waals surface area contributed by atoms with Crippen molar-refractivity contribution in [3.05, 3.63) is 75.3 Å². The van der Waals surface area contributed by atoms with Crippen LogP contribution in [0.1, 0.15) is 26.3 Å². The minimum absolute atomic E-state index is 0.0535. The van der Waals surface area contributed by atoms with Gasteiger partial charge in [0.2, 0.25) is 0 Å². The number of ether oxygens (including phenoxy) is 1. The molecular formula is C15H11NO5. The van der Waals surface area contributed by atoms with E-state index >= 15 is 0 Å². The first-order chi connectivity index (χ1) is 10.1. The second-order valence-corrected chi connectivity index (χ2v) is 4.14. The molecule has 0 aromatic heterocycles. The molecule has 2 rings (SSSR count). The Balaban J connectivity index is 2.64. The summed E-state index contributed by atoms with van der Waals surface area (Å²) in [5, 5.41) is 11.0. The van der Waals surface area contributed by atoms with Crippen LogP contribution in [0.2, 0.25) is 0 Å². The molecule has 0 saturated heterocycles. The van der Waals surface area contributed by atoms with Gasteiger partial charge in [0.1, 0.15) is 5.56 Å². The molecular weight excluding hydrogens is 274 g/mol. The molecule has 0 N–H and O–H groups in total. The van der Waals surface area contributed by atoms with E-state index in [4.69, 9.17) is 0 Å². The zero-order valence-corrected chi connectivity index (χ0v) is 11.1. The second kappa shape index (κ2) is 5.96. The van der Waals surface area contributed by atoms with Crippen molar-refractivity contribution in [2.75, 3.05) is 7.11 Å². The fourth-order valence-electron chi connectivity index (χ4n) is 1.94. The summed E-state index contributed by atoms with van der Waals surface area (Å²) in [7, 11) is 1.11. The van der Waals surface area contributed by atoms with Crippen LogP contribution in [0, 0.1) is 10.1 Å². The summed E-state index contributed by atoms with van der Waals surface area (Å²) in [6, 6.07) is 12.1. The fourth-order valence-corrected chi connectivity index (χ4v) is 1.94. The summed E-state index contributed by atoms with van der Waals surface area (Å²) in [4.78, 5) is 34.6. The number of ketones is 1. The van der Waals surface area contributed by atoms with Crippen molar-refractivity contribution < 1.29 is 19.2 Å². The number of carbonyl (C=O) groups is 2. The topological polar surface area (TPSA) is 86.5 Å². The van der Waals surface area contributed by atoms with Crippen molar-refractivity contribution >= 4 is 17.4 Å². The first-order valence-corrected chi connectivity index (χ1v) is 6.01. The Labute approximate surface area is 120 Å². The Morgan fingerprint density at radius 3 is 2.29 bits per heavy atom. The number of nitro groups is 1. The first kappa shape index (κ1) is 14.4. The minimum Gasteiger partial charge on any atom is -0.465 e. The van der Waals surface area contributed by atoms with Gasteiger partial charge in [0.15, 0.2) is 5.78 Å². The van der Waals surface area contributed by atoms with Crippen molar-refractivity contribution in [3.8, 4) is 0 Å². The van der Waals surface area contributed by atoms with E-state index in [2.05, 4.69) is 4.74 Å². The molecule has 0 fully saturated rings. The summed E-state index contributed by atoms with van der Waals surface area (Å²) >= 11 is 0. The Kier molecular flexibility index (Phi) is 4.08. The van der Waals surface area contributed by atoms with E-state index in [0.717, 1.165) is 13.2 Å². The van der Waals surface area contributed by atoms with Crippen LogP contribution in [-0.2, 0) is 4.74 Å². The predicted molar refractivity (Wildman–Crippen MR) is 74.3 cm³/mol. The van der Waals surface area contributed by atoms with Gasteiger partial charge in [0.05, 0.1) is 12.0 Å². The summed E-state index contributed by atoms with van der Waals surface area (Å²) in [5.41, 5.74) is -0.507. The van der Waals surface area contributed by atoms with Crippen LogP contribution in [0.4, 0.5) is 5.69 Å². The van der Waals surface area contributed by atoms with E-state index < -0.39 is 22.4 Å². The third-order valence-electron chi connectivity index (χ3n) is 2.91. The number of esters is 1. The molecule has 0 bridgehead atoms. The average Bonchev–Trinajstić information content (AvgIpc) is 2.53. The SMILES string of the molecule is COC(=O)c1c(C(=O)c2ccccc2)cccc1[N+](=O)[O-]. The lowest BCUT2D eigenvalue weighted by atomic mass is 9.97. The van der Waals surface area contributed by atoms with Crippen molar-refractivity contribution in [1.82, 2.24) is 0 Å². The van der Waals surface area contributed by atoms with Gasteiger partial charge in [-0.15, -0.1) is 0 Å². The van der Waals surface area contributed by atoms with Crippen LogP contribution in [0.15, 0.2) is 48.5 Å². The molecule has 0 aliphatic carbocycles. The van der Waals surface area contributed by atoms with E-state index in [0.29, 0.717) is 5.56 Å². The third kappa shape index (κ3) is 2.79. The van der Waals surface area contributed by atoms with Gasteiger partial charge >= 0.3 is 5.97 Å². The zero-order valence-electron chi connectivity index (χ0n) is 11.1. The predicted octanol–water partition coefficient (Wildman–Crippen LogP) is 2.61. The van der Waals surface area contributed by atoms with E-state index in [1.165, 1.54) is 12.1 Å². The van der Waals surface area contributed by atoms with Crippen LogP contribution >= 0.6 is 0 Å². The van der Waals surface area contributed by atoms with Gasteiger partial charge in [-0.3, -0.25) is 14.9 Å². The number of carbonyl (C=O) groups excluding carboxylic acids is 2. The van der Waals surface area contributed by atoms with E-state index in [9.17, 15) is 19.7 Å². The fraction of sp³-hybridized carbons (Fsp3) is 0.0667. The number of nitrogens with zero attached hydrogens (tertiary/aromatic N) is 1. The Hall–Kier alpha value is -3.02. The molecule has 2 aromatic carbocycles. The molecule has 0 saturated carbocycles. The molecule has 106 valence electrons. The van der Waals surface area contributed by atoms with Gasteiger partial charge < -0.3 is 4.74 Å². The third-order valence-corrected chi connectivity index (χ3v) is 2.91. The Bertz CT molecular complexity index is 709. The molecule has 0 unspecified atom stereocenters. The molecule has 0 aliphatic heterocycles. The number of hydrogen-bond donors (Lipinski definition) is 0. The Morgan fingerprint density at radius 2 is 1.71 bits per heavy atom. The number of nitro benzene ring substituents is 1. The van der Waals surface area contributed by atoms with Crippen LogP contribution in [0.25, 0.3) is 0 Å². The van der Waals surface area contributed by atoms with E-state index in [1.807, 2.05) is 0 Å². The molecule has 0 heterocycles. The van der Waals surface area contributed by atoms with Gasteiger partial charge in [-0.1, -0.05) is 36.4 Å². The maximum absolute atomic E-state index is 12.4. The van der Waals surface area contributed by atoms with Gasteiger partial charge in [-0.2, -0.15) is 0 Å². The van der Waals surface area contributed by atoms with Crippen molar-refractivity contribution in [1.29, 1.82) is 0 Å². The highest BCUT2D eigenvalue weighted by molar-refractivity contribution is 6.15. The zero-order chi connectivity index (χ0) is 15.4.